The number of hydrogen-bond acceptors (Lipinski definition) is 8. The number of anilines is 3. The van der Waals surface area contributed by atoms with Crippen LogP contribution < -0.4 is 15.4 Å². The molecule has 2 aromatic carbocycles. The van der Waals surface area contributed by atoms with Crippen LogP contribution >= 0.6 is 28.3 Å². The summed E-state index contributed by atoms with van der Waals surface area (Å²) in [6, 6.07) is 15.8. The number of carbonyl (C=O) groups excluding carboxylic acids is 1. The van der Waals surface area contributed by atoms with Crippen molar-refractivity contribution < 1.29 is 9.53 Å². The average Bonchev–Trinajstić information content (AvgIpc) is 2.85. The van der Waals surface area contributed by atoms with E-state index in [9.17, 15) is 4.79 Å². The van der Waals surface area contributed by atoms with Crippen LogP contribution in [0.5, 0.6) is 11.5 Å². The number of aliphatic imine (C=N–C) groups is 1. The molecule has 3 heterocycles. The van der Waals surface area contributed by atoms with Crippen LogP contribution in [0.25, 0.3) is 0 Å². The van der Waals surface area contributed by atoms with Gasteiger partial charge in [0.15, 0.2) is 5.78 Å². The van der Waals surface area contributed by atoms with E-state index in [1.807, 2.05) is 55.5 Å². The van der Waals surface area contributed by atoms with Crippen molar-refractivity contribution in [2.45, 2.75) is 25.8 Å². The lowest BCUT2D eigenvalue weighted by atomic mass is 10.1. The van der Waals surface area contributed by atoms with Crippen molar-refractivity contribution in [3.8, 4) is 11.5 Å². The minimum absolute atomic E-state index is 0. The van der Waals surface area contributed by atoms with Crippen LogP contribution in [0.2, 0.25) is 0 Å². The second-order valence-corrected chi connectivity index (χ2v) is 9.64. The third-order valence-corrected chi connectivity index (χ3v) is 6.86. The third-order valence-electron chi connectivity index (χ3n) is 6.23. The van der Waals surface area contributed by atoms with E-state index in [-0.39, 0.29) is 30.8 Å². The minimum Gasteiger partial charge on any atom is -0.457 e. The molecule has 0 aliphatic carbocycles. The number of rotatable bonds is 6. The summed E-state index contributed by atoms with van der Waals surface area (Å²) in [4.78, 5) is 28.7. The Morgan fingerprint density at radius 3 is 2.50 bits per heavy atom. The van der Waals surface area contributed by atoms with Crippen LogP contribution in [0.3, 0.4) is 0 Å². The van der Waals surface area contributed by atoms with Crippen molar-refractivity contribution in [2.24, 2.45) is 4.99 Å². The molecule has 2 aliphatic rings. The zero-order valence-corrected chi connectivity index (χ0v) is 22.5. The number of aryl methyl sites for hydroxylation is 1. The van der Waals surface area contributed by atoms with Gasteiger partial charge in [0.25, 0.3) is 0 Å². The zero-order chi connectivity index (χ0) is 24.4. The van der Waals surface area contributed by atoms with E-state index in [1.165, 1.54) is 0 Å². The molecule has 0 saturated carbocycles. The highest BCUT2D eigenvalue weighted by molar-refractivity contribution is 9.18. The number of halogens is 2. The molecule has 2 aliphatic heterocycles. The lowest BCUT2D eigenvalue weighted by Gasteiger charge is -2.29. The Morgan fingerprint density at radius 2 is 1.78 bits per heavy atom. The lowest BCUT2D eigenvalue weighted by Crippen LogP contribution is -2.37. The van der Waals surface area contributed by atoms with Gasteiger partial charge in [-0.25, -0.2) is 4.98 Å². The smallest absolute Gasteiger partial charge is 0.225 e. The maximum atomic E-state index is 12.8. The van der Waals surface area contributed by atoms with Gasteiger partial charge in [-0.05, 0) is 91.7 Å². The van der Waals surface area contributed by atoms with Crippen LogP contribution in [0, 0.1) is 6.92 Å². The molecule has 0 spiro atoms. The molecule has 0 radical (unpaired) electrons. The van der Waals surface area contributed by atoms with E-state index in [0.717, 1.165) is 48.7 Å². The van der Waals surface area contributed by atoms with E-state index >= 15 is 0 Å². The number of likely N-dealkylation sites (tertiary alicyclic amines) is 1. The fourth-order valence-corrected chi connectivity index (χ4v) is 4.61. The van der Waals surface area contributed by atoms with Gasteiger partial charge in [-0.3, -0.25) is 9.79 Å². The third kappa shape index (κ3) is 5.86. The number of ketones is 1. The average molecular weight is 572 g/mol. The normalized spacial score (nSPS) is 16.0. The summed E-state index contributed by atoms with van der Waals surface area (Å²) >= 11 is 3.48. The molecule has 188 valence electrons. The number of ether oxygens (including phenoxy) is 1. The molecule has 1 fully saturated rings. The van der Waals surface area contributed by atoms with Gasteiger partial charge in [-0.15, -0.1) is 12.4 Å². The number of hydrogen-bond donors (Lipinski definition) is 2. The van der Waals surface area contributed by atoms with Crippen molar-refractivity contribution in [2.75, 3.05) is 37.3 Å². The Hall–Kier alpha value is -3.01. The molecule has 0 atom stereocenters. The van der Waals surface area contributed by atoms with Crippen molar-refractivity contribution >= 4 is 56.2 Å². The van der Waals surface area contributed by atoms with Crippen LogP contribution in [0.15, 0.2) is 53.5 Å². The molecular formula is C26H28BrClN6O2. The van der Waals surface area contributed by atoms with Gasteiger partial charge < -0.3 is 20.3 Å². The molecule has 1 aromatic heterocycles. The first-order chi connectivity index (χ1) is 17.0. The Labute approximate surface area is 225 Å². The monoisotopic (exact) mass is 570 g/mol. The molecule has 3 aromatic rings. The summed E-state index contributed by atoms with van der Waals surface area (Å²) in [6.07, 6.45) is 2.02. The summed E-state index contributed by atoms with van der Waals surface area (Å²) in [5.41, 5.74) is 2.81. The summed E-state index contributed by atoms with van der Waals surface area (Å²) < 4.78 is 6.57. The number of fused-ring (bicyclic) bond motifs is 1. The Bertz CT molecular complexity index is 1280. The van der Waals surface area contributed by atoms with Gasteiger partial charge in [-0.1, -0.05) is 18.2 Å². The highest BCUT2D eigenvalue weighted by atomic mass is 79.9. The molecule has 8 nitrogen and oxygen atoms in total. The maximum Gasteiger partial charge on any atom is 0.225 e. The first-order valence-corrected chi connectivity index (χ1v) is 12.5. The number of aromatic nitrogens is 2. The van der Waals surface area contributed by atoms with Crippen LogP contribution in [-0.4, -0.2) is 58.0 Å². The second-order valence-electron chi connectivity index (χ2n) is 8.89. The van der Waals surface area contributed by atoms with E-state index in [2.05, 4.69) is 48.5 Å². The van der Waals surface area contributed by atoms with Gasteiger partial charge in [-0.2, -0.15) is 4.98 Å². The maximum absolute atomic E-state index is 12.8. The first kappa shape index (κ1) is 26.1. The van der Waals surface area contributed by atoms with Crippen molar-refractivity contribution in [3.05, 3.63) is 65.4 Å². The molecule has 36 heavy (non-hydrogen) atoms. The zero-order valence-electron chi connectivity index (χ0n) is 20.1. The van der Waals surface area contributed by atoms with E-state index < -0.39 is 0 Å². The van der Waals surface area contributed by atoms with Crippen LogP contribution in [0.4, 0.5) is 17.5 Å². The number of piperidine rings is 1. The lowest BCUT2D eigenvalue weighted by molar-refractivity contribution is 0.100. The second kappa shape index (κ2) is 11.4. The van der Waals surface area contributed by atoms with E-state index in [1.54, 1.807) is 0 Å². The Morgan fingerprint density at radius 1 is 1.06 bits per heavy atom. The number of benzene rings is 2. The van der Waals surface area contributed by atoms with Gasteiger partial charge in [0.1, 0.15) is 34.2 Å². The Kier molecular flexibility index (Phi) is 8.23. The van der Waals surface area contributed by atoms with Gasteiger partial charge in [0.05, 0.1) is 5.56 Å². The van der Waals surface area contributed by atoms with Gasteiger partial charge in [0, 0.05) is 11.7 Å². The summed E-state index contributed by atoms with van der Waals surface area (Å²) in [5.74, 6) is 2.38. The summed E-state index contributed by atoms with van der Waals surface area (Å²) in [5, 5.41) is 6.78. The Balaban J connectivity index is 0.00000304. The predicted molar refractivity (Wildman–Crippen MR) is 149 cm³/mol. The molecule has 0 bridgehead atoms. The molecular weight excluding hydrogens is 544 g/mol. The number of para-hydroxylation sites is 1. The molecule has 0 unspecified atom stereocenters. The van der Waals surface area contributed by atoms with Gasteiger partial charge in [0.2, 0.25) is 5.95 Å². The standard InChI is InChI=1S/C26H27BrN6O2.ClH/c1-16-5-3-4-6-21(16)35-19-9-7-17(8-10-19)29-25-22-20(34)15-28-24(27)23(22)31-26(32-25)30-18-11-13-33(2)14-12-18;/h3-10,18H,11-15H2,1-2H3,(H2,29,30,31,32);1H. The highest BCUT2D eigenvalue weighted by Crippen LogP contribution is 2.30. The van der Waals surface area contributed by atoms with Gasteiger partial charge >= 0.3 is 0 Å². The fourth-order valence-electron chi connectivity index (χ4n) is 4.20. The highest BCUT2D eigenvalue weighted by Gasteiger charge is 2.28. The molecule has 10 heteroatoms. The quantitative estimate of drug-likeness (QED) is 0.399. The van der Waals surface area contributed by atoms with E-state index in [0.29, 0.717) is 27.6 Å². The molecule has 5 rings (SSSR count). The number of carbonyl (C=O) groups is 1. The SMILES string of the molecule is Cc1ccccc1Oc1ccc(Nc2nc(NC3CCN(C)CC3)nc3c2C(=O)CN=C3Br)cc1.Cl. The predicted octanol–water partition coefficient (Wildman–Crippen LogP) is 5.59. The largest absolute Gasteiger partial charge is 0.457 e. The molecule has 2 N–H and O–H groups in total. The van der Waals surface area contributed by atoms with Crippen LogP contribution in [0.1, 0.15) is 34.5 Å². The minimum atomic E-state index is -0.115. The number of Topliss-reactive ketones (excluding diaryl/α,β-unsaturated/α-hetero) is 1. The molecule has 1 saturated heterocycles. The fraction of sp³-hybridized carbons (Fsp3) is 0.308. The van der Waals surface area contributed by atoms with E-state index in [4.69, 9.17) is 9.72 Å². The summed E-state index contributed by atoms with van der Waals surface area (Å²) in [6.45, 7) is 4.12. The van der Waals surface area contributed by atoms with Crippen molar-refractivity contribution in [1.29, 1.82) is 0 Å². The summed E-state index contributed by atoms with van der Waals surface area (Å²) in [7, 11) is 2.13. The van der Waals surface area contributed by atoms with Crippen molar-refractivity contribution in [3.63, 3.8) is 0 Å². The van der Waals surface area contributed by atoms with Crippen LogP contribution in [-0.2, 0) is 0 Å². The number of nitrogens with one attached hydrogen (secondary N) is 2. The topological polar surface area (TPSA) is 91.7 Å². The first-order valence-electron chi connectivity index (χ1n) is 11.7. The molecule has 0 amide bonds. The van der Waals surface area contributed by atoms with Crippen molar-refractivity contribution in [1.82, 2.24) is 14.9 Å². The number of nitrogens with zero attached hydrogens (tertiary/aromatic N) is 4.